The summed E-state index contributed by atoms with van der Waals surface area (Å²) in [6.45, 7) is 13.5. The Hall–Kier alpha value is -2.05. The third-order valence-corrected chi connectivity index (χ3v) is 5.66. The molecule has 1 N–H and O–H groups in total. The lowest BCUT2D eigenvalue weighted by Crippen LogP contribution is -2.27. The molecule has 0 atom stereocenters. The first-order valence-electron chi connectivity index (χ1n) is 11.3. The summed E-state index contributed by atoms with van der Waals surface area (Å²) in [5.74, 6) is 1.45. The van der Waals surface area contributed by atoms with Crippen LogP contribution in [0.1, 0.15) is 45.4 Å². The molecule has 0 aliphatic heterocycles. The zero-order valence-electron chi connectivity index (χ0n) is 19.2. The SMILES string of the molecule is CCN(CC)CCOCCOc1cc2nc3c(c(NC(C)C)c2cc1OC)CCC3. The highest BCUT2D eigenvalue weighted by Crippen LogP contribution is 2.39. The largest absolute Gasteiger partial charge is 0.493 e. The van der Waals surface area contributed by atoms with E-state index in [0.29, 0.717) is 19.3 Å². The Morgan fingerprint density at radius 3 is 2.57 bits per heavy atom. The lowest BCUT2D eigenvalue weighted by Gasteiger charge is -2.19. The fourth-order valence-electron chi connectivity index (χ4n) is 4.04. The number of hydrogen-bond acceptors (Lipinski definition) is 6. The van der Waals surface area contributed by atoms with E-state index in [-0.39, 0.29) is 0 Å². The maximum Gasteiger partial charge on any atom is 0.163 e. The first kappa shape index (κ1) is 22.6. The molecule has 30 heavy (non-hydrogen) atoms. The minimum absolute atomic E-state index is 0.357. The van der Waals surface area contributed by atoms with Crippen molar-refractivity contribution in [2.24, 2.45) is 0 Å². The van der Waals surface area contributed by atoms with Gasteiger partial charge in [0.15, 0.2) is 11.5 Å². The van der Waals surface area contributed by atoms with Gasteiger partial charge in [0.1, 0.15) is 6.61 Å². The summed E-state index contributed by atoms with van der Waals surface area (Å²) in [6, 6.07) is 4.42. The van der Waals surface area contributed by atoms with Gasteiger partial charge in [-0.3, -0.25) is 4.98 Å². The van der Waals surface area contributed by atoms with E-state index in [1.54, 1.807) is 7.11 Å². The zero-order chi connectivity index (χ0) is 21.5. The van der Waals surface area contributed by atoms with Crippen molar-refractivity contribution in [3.8, 4) is 11.5 Å². The average Bonchev–Trinajstić information content (AvgIpc) is 3.20. The molecule has 3 rings (SSSR count). The summed E-state index contributed by atoms with van der Waals surface area (Å²) >= 11 is 0. The van der Waals surface area contributed by atoms with Gasteiger partial charge in [-0.2, -0.15) is 0 Å². The van der Waals surface area contributed by atoms with Gasteiger partial charge in [-0.05, 0) is 57.8 Å². The van der Waals surface area contributed by atoms with Gasteiger partial charge in [0.05, 0.1) is 25.8 Å². The van der Waals surface area contributed by atoms with Crippen molar-refractivity contribution in [1.29, 1.82) is 0 Å². The fraction of sp³-hybridized carbons (Fsp3) is 0.625. The molecule has 166 valence electrons. The Morgan fingerprint density at radius 1 is 1.07 bits per heavy atom. The van der Waals surface area contributed by atoms with Crippen LogP contribution in [0, 0.1) is 0 Å². The molecule has 1 aromatic heterocycles. The van der Waals surface area contributed by atoms with Crippen molar-refractivity contribution in [3.05, 3.63) is 23.4 Å². The third kappa shape index (κ3) is 5.35. The smallest absolute Gasteiger partial charge is 0.163 e. The van der Waals surface area contributed by atoms with Gasteiger partial charge in [0.2, 0.25) is 0 Å². The van der Waals surface area contributed by atoms with E-state index in [4.69, 9.17) is 19.2 Å². The standard InChI is InChI=1S/C24H37N3O3/c1-6-27(7-2)11-12-29-13-14-30-23-16-21-19(15-22(23)28-5)24(25-17(3)4)18-9-8-10-20(18)26-21/h15-17H,6-14H2,1-5H3,(H,25,26). The van der Waals surface area contributed by atoms with Crippen molar-refractivity contribution in [2.75, 3.05) is 51.9 Å². The summed E-state index contributed by atoms with van der Waals surface area (Å²) in [5, 5.41) is 4.74. The Morgan fingerprint density at radius 2 is 1.87 bits per heavy atom. The van der Waals surface area contributed by atoms with Crippen molar-refractivity contribution >= 4 is 16.6 Å². The number of aryl methyl sites for hydroxylation is 1. The first-order chi connectivity index (χ1) is 14.6. The predicted octanol–water partition coefficient (Wildman–Crippen LogP) is 4.29. The number of anilines is 1. The van der Waals surface area contributed by atoms with Crippen molar-refractivity contribution in [3.63, 3.8) is 0 Å². The van der Waals surface area contributed by atoms with Crippen LogP contribution in [0.4, 0.5) is 5.69 Å². The maximum atomic E-state index is 6.01. The summed E-state index contributed by atoms with van der Waals surface area (Å²) in [4.78, 5) is 7.29. The summed E-state index contributed by atoms with van der Waals surface area (Å²) < 4.78 is 17.4. The molecular weight excluding hydrogens is 378 g/mol. The second-order valence-electron chi connectivity index (χ2n) is 8.07. The van der Waals surface area contributed by atoms with E-state index in [9.17, 15) is 0 Å². The van der Waals surface area contributed by atoms with Gasteiger partial charge < -0.3 is 24.4 Å². The minimum Gasteiger partial charge on any atom is -0.493 e. The van der Waals surface area contributed by atoms with Crippen LogP contribution in [0.2, 0.25) is 0 Å². The second kappa shape index (κ2) is 10.8. The highest BCUT2D eigenvalue weighted by Gasteiger charge is 2.21. The van der Waals surface area contributed by atoms with Crippen LogP contribution in [0.25, 0.3) is 10.9 Å². The van der Waals surface area contributed by atoms with Gasteiger partial charge in [0.25, 0.3) is 0 Å². The second-order valence-corrected chi connectivity index (χ2v) is 8.07. The van der Waals surface area contributed by atoms with Crippen molar-refractivity contribution in [2.45, 2.75) is 53.0 Å². The number of pyridine rings is 1. The molecule has 0 amide bonds. The molecule has 0 spiro atoms. The fourth-order valence-corrected chi connectivity index (χ4v) is 4.04. The number of nitrogens with one attached hydrogen (secondary N) is 1. The van der Waals surface area contributed by atoms with Crippen LogP contribution in [0.15, 0.2) is 12.1 Å². The van der Waals surface area contributed by atoms with E-state index in [2.05, 4.69) is 44.0 Å². The summed E-state index contributed by atoms with van der Waals surface area (Å²) in [6.07, 6.45) is 3.29. The molecule has 6 nitrogen and oxygen atoms in total. The van der Waals surface area contributed by atoms with Crippen LogP contribution in [0.3, 0.4) is 0 Å². The van der Waals surface area contributed by atoms with Crippen molar-refractivity contribution in [1.82, 2.24) is 9.88 Å². The average molecular weight is 416 g/mol. The van der Waals surface area contributed by atoms with Crippen LogP contribution >= 0.6 is 0 Å². The quantitative estimate of drug-likeness (QED) is 0.522. The van der Waals surface area contributed by atoms with Gasteiger partial charge in [-0.25, -0.2) is 0 Å². The molecule has 1 aromatic carbocycles. The maximum absolute atomic E-state index is 6.01. The number of ether oxygens (including phenoxy) is 3. The van der Waals surface area contributed by atoms with Crippen LogP contribution < -0.4 is 14.8 Å². The molecule has 6 heteroatoms. The van der Waals surface area contributed by atoms with Crippen LogP contribution in [0.5, 0.6) is 11.5 Å². The van der Waals surface area contributed by atoms with Gasteiger partial charge in [-0.15, -0.1) is 0 Å². The topological polar surface area (TPSA) is 55.9 Å². The lowest BCUT2D eigenvalue weighted by atomic mass is 10.1. The van der Waals surface area contributed by atoms with E-state index in [1.165, 1.54) is 16.9 Å². The number of likely N-dealkylation sites (N-methyl/N-ethyl adjacent to an activating group) is 1. The first-order valence-corrected chi connectivity index (χ1v) is 11.3. The predicted molar refractivity (Wildman–Crippen MR) is 123 cm³/mol. The molecule has 2 aromatic rings. The Labute approximate surface area is 180 Å². The van der Waals surface area contributed by atoms with Gasteiger partial charge >= 0.3 is 0 Å². The van der Waals surface area contributed by atoms with E-state index >= 15 is 0 Å². The molecule has 0 radical (unpaired) electrons. The minimum atomic E-state index is 0.357. The number of nitrogens with zero attached hydrogens (tertiary/aromatic N) is 2. The molecule has 1 aliphatic rings. The van der Waals surface area contributed by atoms with E-state index in [1.807, 2.05) is 6.07 Å². The molecule has 1 heterocycles. The highest BCUT2D eigenvalue weighted by atomic mass is 16.5. The Bertz CT molecular complexity index is 834. The number of hydrogen-bond donors (Lipinski definition) is 1. The molecule has 0 unspecified atom stereocenters. The number of rotatable bonds is 12. The summed E-state index contributed by atoms with van der Waals surface area (Å²) in [5.41, 5.74) is 4.72. The van der Waals surface area contributed by atoms with Crippen molar-refractivity contribution < 1.29 is 14.2 Å². The number of benzene rings is 1. The zero-order valence-corrected chi connectivity index (χ0v) is 19.2. The van der Waals surface area contributed by atoms with Gasteiger partial charge in [-0.1, -0.05) is 13.8 Å². The molecule has 0 saturated heterocycles. The molecular formula is C24H37N3O3. The van der Waals surface area contributed by atoms with Crippen LogP contribution in [-0.4, -0.2) is 62.5 Å². The molecule has 0 bridgehead atoms. The van der Waals surface area contributed by atoms with Crippen LogP contribution in [-0.2, 0) is 17.6 Å². The van der Waals surface area contributed by atoms with E-state index < -0.39 is 0 Å². The monoisotopic (exact) mass is 415 g/mol. The molecule has 0 fully saturated rings. The molecule has 1 aliphatic carbocycles. The highest BCUT2D eigenvalue weighted by molar-refractivity contribution is 5.96. The number of fused-ring (bicyclic) bond motifs is 2. The van der Waals surface area contributed by atoms with E-state index in [0.717, 1.165) is 67.9 Å². The lowest BCUT2D eigenvalue weighted by molar-refractivity contribution is 0.0812. The third-order valence-electron chi connectivity index (χ3n) is 5.66. The summed E-state index contributed by atoms with van der Waals surface area (Å²) in [7, 11) is 1.69. The normalized spacial score (nSPS) is 13.3. The Kier molecular flexibility index (Phi) is 8.16. The number of methoxy groups -OCH3 is 1. The number of aromatic nitrogens is 1. The van der Waals surface area contributed by atoms with Gasteiger partial charge in [0, 0.05) is 35.4 Å². The molecule has 0 saturated carbocycles. The Balaban J connectivity index is 1.72.